The lowest BCUT2D eigenvalue weighted by atomic mass is 9.61. The fourth-order valence-electron chi connectivity index (χ4n) is 5.60. The SMILES string of the molecule is C[C@@H]1CN(C2CC3(CCCN(CC4CCNCC4)C3)C2)CCO1. The van der Waals surface area contributed by atoms with Gasteiger partial charge >= 0.3 is 0 Å². The van der Waals surface area contributed by atoms with Gasteiger partial charge in [-0.3, -0.25) is 4.90 Å². The fraction of sp³-hybridized carbons (Fsp3) is 1.00. The first-order chi connectivity index (χ1) is 11.2. The Labute approximate surface area is 141 Å². The van der Waals surface area contributed by atoms with Crippen molar-refractivity contribution in [3.63, 3.8) is 0 Å². The van der Waals surface area contributed by atoms with Crippen molar-refractivity contribution in [3.05, 3.63) is 0 Å². The number of nitrogens with zero attached hydrogens (tertiary/aromatic N) is 2. The average Bonchev–Trinajstić information content (AvgIpc) is 2.54. The third-order valence-electron chi connectivity index (χ3n) is 6.84. The smallest absolute Gasteiger partial charge is 0.0674 e. The molecular formula is C19H35N3O. The van der Waals surface area contributed by atoms with Crippen LogP contribution in [-0.2, 0) is 4.74 Å². The summed E-state index contributed by atoms with van der Waals surface area (Å²) < 4.78 is 5.71. The molecule has 4 fully saturated rings. The summed E-state index contributed by atoms with van der Waals surface area (Å²) >= 11 is 0. The summed E-state index contributed by atoms with van der Waals surface area (Å²) in [6.07, 6.45) is 9.01. The highest BCUT2D eigenvalue weighted by atomic mass is 16.5. The Morgan fingerprint density at radius 1 is 1.17 bits per heavy atom. The largest absolute Gasteiger partial charge is 0.376 e. The fourth-order valence-corrected chi connectivity index (χ4v) is 5.60. The second-order valence-corrected chi connectivity index (χ2v) is 8.77. The molecule has 0 aromatic carbocycles. The maximum absolute atomic E-state index is 5.71. The van der Waals surface area contributed by atoms with Gasteiger partial charge in [0, 0.05) is 32.2 Å². The van der Waals surface area contributed by atoms with Crippen LogP contribution in [0.15, 0.2) is 0 Å². The van der Waals surface area contributed by atoms with Gasteiger partial charge in [0.15, 0.2) is 0 Å². The second-order valence-electron chi connectivity index (χ2n) is 8.77. The molecule has 1 N–H and O–H groups in total. The Balaban J connectivity index is 1.26. The zero-order valence-corrected chi connectivity index (χ0v) is 14.9. The maximum atomic E-state index is 5.71. The zero-order valence-electron chi connectivity index (χ0n) is 14.9. The Kier molecular flexibility index (Phi) is 4.96. The molecule has 0 radical (unpaired) electrons. The van der Waals surface area contributed by atoms with Crippen molar-refractivity contribution in [1.82, 2.24) is 15.1 Å². The molecule has 3 heterocycles. The van der Waals surface area contributed by atoms with E-state index in [4.69, 9.17) is 4.74 Å². The highest BCUT2D eigenvalue weighted by molar-refractivity contribution is 5.02. The number of hydrogen-bond donors (Lipinski definition) is 1. The molecule has 3 saturated heterocycles. The van der Waals surface area contributed by atoms with E-state index >= 15 is 0 Å². The van der Waals surface area contributed by atoms with Crippen LogP contribution in [0, 0.1) is 11.3 Å². The van der Waals surface area contributed by atoms with Crippen LogP contribution in [-0.4, -0.2) is 74.4 Å². The van der Waals surface area contributed by atoms with Crippen LogP contribution in [0.5, 0.6) is 0 Å². The molecule has 0 aromatic heterocycles. The first-order valence-corrected chi connectivity index (χ1v) is 10.0. The maximum Gasteiger partial charge on any atom is 0.0674 e. The highest BCUT2D eigenvalue weighted by Gasteiger charge is 2.48. The molecule has 132 valence electrons. The van der Waals surface area contributed by atoms with Crippen LogP contribution in [0.1, 0.15) is 45.4 Å². The van der Waals surface area contributed by atoms with Gasteiger partial charge in [0.25, 0.3) is 0 Å². The van der Waals surface area contributed by atoms with Crippen molar-refractivity contribution >= 4 is 0 Å². The molecule has 4 rings (SSSR count). The van der Waals surface area contributed by atoms with Gasteiger partial charge in [-0.25, -0.2) is 0 Å². The number of rotatable bonds is 3. The van der Waals surface area contributed by atoms with Gasteiger partial charge in [-0.2, -0.15) is 0 Å². The molecule has 4 heteroatoms. The molecule has 1 aliphatic carbocycles. The number of hydrogen-bond acceptors (Lipinski definition) is 4. The molecule has 1 spiro atoms. The molecule has 4 aliphatic rings. The second kappa shape index (κ2) is 6.99. The molecule has 1 atom stereocenters. The standard InChI is InChI=1S/C19H35N3O/c1-16-13-22(9-10-23-16)18-11-19(12-18)5-2-8-21(15-19)14-17-3-6-20-7-4-17/h16-18,20H,2-15H2,1H3/t16-,18?,19?/m1/s1. The molecule has 0 unspecified atom stereocenters. The van der Waals surface area contributed by atoms with Crippen LogP contribution in [0.25, 0.3) is 0 Å². The van der Waals surface area contributed by atoms with E-state index in [1.54, 1.807) is 0 Å². The van der Waals surface area contributed by atoms with Gasteiger partial charge in [-0.15, -0.1) is 0 Å². The summed E-state index contributed by atoms with van der Waals surface area (Å²) in [4.78, 5) is 5.53. The molecule has 3 aliphatic heterocycles. The van der Waals surface area contributed by atoms with Gasteiger partial charge in [0.05, 0.1) is 12.7 Å². The topological polar surface area (TPSA) is 27.7 Å². The monoisotopic (exact) mass is 321 g/mol. The summed E-state index contributed by atoms with van der Waals surface area (Å²) in [5.41, 5.74) is 0.664. The molecule has 0 aromatic rings. The molecule has 1 saturated carbocycles. The van der Waals surface area contributed by atoms with Crippen LogP contribution >= 0.6 is 0 Å². The minimum absolute atomic E-state index is 0.433. The van der Waals surface area contributed by atoms with Crippen molar-refractivity contribution in [3.8, 4) is 0 Å². The van der Waals surface area contributed by atoms with E-state index in [1.165, 1.54) is 71.2 Å². The van der Waals surface area contributed by atoms with Crippen LogP contribution in [0.4, 0.5) is 0 Å². The Hall–Kier alpha value is -0.160. The Morgan fingerprint density at radius 3 is 2.78 bits per heavy atom. The van der Waals surface area contributed by atoms with E-state index in [-0.39, 0.29) is 0 Å². The van der Waals surface area contributed by atoms with Gasteiger partial charge < -0.3 is 15.0 Å². The van der Waals surface area contributed by atoms with Crippen molar-refractivity contribution in [2.24, 2.45) is 11.3 Å². The van der Waals surface area contributed by atoms with Crippen molar-refractivity contribution in [2.75, 3.05) is 52.4 Å². The molecule has 4 nitrogen and oxygen atoms in total. The lowest BCUT2D eigenvalue weighted by Gasteiger charge is -2.57. The van der Waals surface area contributed by atoms with Gasteiger partial charge in [0.1, 0.15) is 0 Å². The third kappa shape index (κ3) is 3.76. The van der Waals surface area contributed by atoms with Crippen LogP contribution in [0.2, 0.25) is 0 Å². The molecule has 23 heavy (non-hydrogen) atoms. The van der Waals surface area contributed by atoms with Gasteiger partial charge in [0.2, 0.25) is 0 Å². The van der Waals surface area contributed by atoms with Gasteiger partial charge in [-0.05, 0) is 76.4 Å². The van der Waals surface area contributed by atoms with E-state index < -0.39 is 0 Å². The van der Waals surface area contributed by atoms with E-state index in [0.29, 0.717) is 11.5 Å². The first-order valence-electron chi connectivity index (χ1n) is 10.0. The number of piperidine rings is 2. The predicted octanol–water partition coefficient (Wildman–Crippen LogP) is 1.95. The van der Waals surface area contributed by atoms with Crippen molar-refractivity contribution in [2.45, 2.75) is 57.6 Å². The Bertz CT molecular complexity index is 390. The van der Waals surface area contributed by atoms with E-state index in [1.807, 2.05) is 0 Å². The minimum atomic E-state index is 0.433. The first kappa shape index (κ1) is 16.3. The number of ether oxygens (including phenoxy) is 1. The average molecular weight is 322 g/mol. The summed E-state index contributed by atoms with van der Waals surface area (Å²) in [5.74, 6) is 0.947. The predicted molar refractivity (Wildman–Crippen MR) is 93.7 cm³/mol. The van der Waals surface area contributed by atoms with Crippen LogP contribution < -0.4 is 5.32 Å². The quantitative estimate of drug-likeness (QED) is 0.860. The molecule has 0 bridgehead atoms. The van der Waals surface area contributed by atoms with Gasteiger partial charge in [-0.1, -0.05) is 0 Å². The normalized spacial score (nSPS) is 41.1. The highest BCUT2D eigenvalue weighted by Crippen LogP contribution is 2.50. The number of nitrogens with one attached hydrogen (secondary N) is 1. The van der Waals surface area contributed by atoms with Crippen LogP contribution in [0.3, 0.4) is 0 Å². The zero-order chi connectivity index (χ0) is 15.7. The summed E-state index contributed by atoms with van der Waals surface area (Å²) in [7, 11) is 0. The lowest BCUT2D eigenvalue weighted by molar-refractivity contribution is -0.0976. The lowest BCUT2D eigenvalue weighted by Crippen LogP contribution is -2.60. The summed E-state index contributed by atoms with van der Waals surface area (Å²) in [6.45, 7) is 12.0. The summed E-state index contributed by atoms with van der Waals surface area (Å²) in [5, 5.41) is 3.50. The van der Waals surface area contributed by atoms with Crippen molar-refractivity contribution in [1.29, 1.82) is 0 Å². The number of likely N-dealkylation sites (tertiary alicyclic amines) is 1. The third-order valence-corrected chi connectivity index (χ3v) is 6.84. The number of morpholine rings is 1. The van der Waals surface area contributed by atoms with E-state index in [2.05, 4.69) is 22.0 Å². The van der Waals surface area contributed by atoms with Crippen molar-refractivity contribution < 1.29 is 4.74 Å². The summed E-state index contributed by atoms with van der Waals surface area (Å²) in [6, 6.07) is 0.847. The Morgan fingerprint density at radius 2 is 2.00 bits per heavy atom. The minimum Gasteiger partial charge on any atom is -0.376 e. The van der Waals surface area contributed by atoms with E-state index in [0.717, 1.165) is 31.7 Å². The molecule has 0 amide bonds. The van der Waals surface area contributed by atoms with E-state index in [9.17, 15) is 0 Å². The molecular weight excluding hydrogens is 286 g/mol.